The molecule has 0 N–H and O–H groups in total. The lowest BCUT2D eigenvalue weighted by Crippen LogP contribution is -1.92. The van der Waals surface area contributed by atoms with Gasteiger partial charge < -0.3 is 0 Å². The predicted molar refractivity (Wildman–Crippen MR) is 90.1 cm³/mol. The van der Waals surface area contributed by atoms with Crippen LogP contribution in [0.3, 0.4) is 0 Å². The van der Waals surface area contributed by atoms with Gasteiger partial charge in [-0.3, -0.25) is 4.79 Å². The summed E-state index contributed by atoms with van der Waals surface area (Å²) >= 11 is 0. The van der Waals surface area contributed by atoms with E-state index in [0.29, 0.717) is 0 Å². The Kier molecular flexibility index (Phi) is 2.93. The fourth-order valence-corrected chi connectivity index (χ4v) is 3.31. The highest BCUT2D eigenvalue weighted by Gasteiger charge is 2.20. The van der Waals surface area contributed by atoms with Gasteiger partial charge in [0, 0.05) is 5.56 Å². The molecule has 3 aromatic carbocycles. The number of hydrogen-bond donors (Lipinski definition) is 0. The molecule has 3 aromatic rings. The molecular weight excluding hydrogens is 268 g/mol. The zero-order valence-corrected chi connectivity index (χ0v) is 12.5. The lowest BCUT2D eigenvalue weighted by molar-refractivity contribution is 0.101. The predicted octanol–water partition coefficient (Wildman–Crippen LogP) is 5.13. The molecule has 0 unspecified atom stereocenters. The van der Waals surface area contributed by atoms with Crippen LogP contribution in [0.15, 0.2) is 66.7 Å². The van der Waals surface area contributed by atoms with Crippen molar-refractivity contribution in [3.63, 3.8) is 0 Å². The van der Waals surface area contributed by atoms with Crippen LogP contribution in [0, 0.1) is 0 Å². The van der Waals surface area contributed by atoms with Gasteiger partial charge in [0.05, 0.1) is 0 Å². The third-order valence-electron chi connectivity index (χ3n) is 4.45. The number of hydrogen-bond acceptors (Lipinski definition) is 1. The molecular formula is C21H16O. The molecule has 4 rings (SSSR count). The number of fused-ring (bicyclic) bond motifs is 3. The molecule has 0 radical (unpaired) electrons. The fourth-order valence-electron chi connectivity index (χ4n) is 3.31. The summed E-state index contributed by atoms with van der Waals surface area (Å²) in [5.41, 5.74) is 8.67. The Morgan fingerprint density at radius 2 is 1.45 bits per heavy atom. The second-order valence-electron chi connectivity index (χ2n) is 5.80. The molecule has 22 heavy (non-hydrogen) atoms. The van der Waals surface area contributed by atoms with E-state index in [2.05, 4.69) is 54.6 Å². The largest absolute Gasteiger partial charge is 0.295 e. The van der Waals surface area contributed by atoms with E-state index in [-0.39, 0.29) is 5.78 Å². The van der Waals surface area contributed by atoms with Gasteiger partial charge in [0.1, 0.15) is 0 Å². The van der Waals surface area contributed by atoms with Gasteiger partial charge in [-0.1, -0.05) is 66.7 Å². The zero-order chi connectivity index (χ0) is 15.1. The number of carbonyl (C=O) groups is 1. The average Bonchev–Trinajstić information content (AvgIpc) is 2.93. The summed E-state index contributed by atoms with van der Waals surface area (Å²) in [6.45, 7) is 1.60. The Hall–Kier alpha value is -2.67. The van der Waals surface area contributed by atoms with E-state index in [1.807, 2.05) is 12.1 Å². The highest BCUT2D eigenvalue weighted by atomic mass is 16.1. The number of carbonyl (C=O) groups excluding carboxylic acids is 1. The topological polar surface area (TPSA) is 17.1 Å². The maximum Gasteiger partial charge on any atom is 0.159 e. The van der Waals surface area contributed by atoms with Crippen LogP contribution in [0.5, 0.6) is 0 Å². The van der Waals surface area contributed by atoms with E-state index in [1.54, 1.807) is 6.92 Å². The van der Waals surface area contributed by atoms with Gasteiger partial charge in [-0.15, -0.1) is 0 Å². The van der Waals surface area contributed by atoms with Crippen LogP contribution in [-0.4, -0.2) is 5.78 Å². The van der Waals surface area contributed by atoms with E-state index in [4.69, 9.17) is 0 Å². The molecule has 0 amide bonds. The van der Waals surface area contributed by atoms with Crippen molar-refractivity contribution in [1.29, 1.82) is 0 Å². The van der Waals surface area contributed by atoms with E-state index < -0.39 is 0 Å². The molecule has 1 aliphatic carbocycles. The first kappa shape index (κ1) is 13.0. The maximum atomic E-state index is 11.4. The van der Waals surface area contributed by atoms with E-state index in [1.165, 1.54) is 33.4 Å². The molecule has 1 aliphatic rings. The minimum Gasteiger partial charge on any atom is -0.295 e. The molecule has 0 saturated heterocycles. The molecule has 0 heterocycles. The Balaban J connectivity index is 1.84. The minimum atomic E-state index is 0.109. The van der Waals surface area contributed by atoms with Gasteiger partial charge in [0.25, 0.3) is 0 Å². The van der Waals surface area contributed by atoms with Crippen molar-refractivity contribution in [2.45, 2.75) is 13.3 Å². The van der Waals surface area contributed by atoms with Gasteiger partial charge in [-0.05, 0) is 46.7 Å². The first-order chi connectivity index (χ1) is 10.7. The van der Waals surface area contributed by atoms with Crippen molar-refractivity contribution < 1.29 is 4.79 Å². The van der Waals surface area contributed by atoms with Crippen molar-refractivity contribution in [1.82, 2.24) is 0 Å². The third kappa shape index (κ3) is 1.98. The van der Waals surface area contributed by atoms with Crippen molar-refractivity contribution in [2.24, 2.45) is 0 Å². The number of rotatable bonds is 2. The van der Waals surface area contributed by atoms with Crippen LogP contribution in [0.4, 0.5) is 0 Å². The fraction of sp³-hybridized carbons (Fsp3) is 0.0952. The zero-order valence-electron chi connectivity index (χ0n) is 12.5. The number of ketones is 1. The standard InChI is InChI=1S/C21H16O/c1-14(22)15-9-11-16(12-10-15)18-7-4-8-20-19-6-3-2-5-17(19)13-21(18)20/h2-12H,13H2,1H3. The quantitative estimate of drug-likeness (QED) is 0.466. The van der Waals surface area contributed by atoms with E-state index in [0.717, 1.165) is 12.0 Å². The van der Waals surface area contributed by atoms with Gasteiger partial charge >= 0.3 is 0 Å². The second-order valence-corrected chi connectivity index (χ2v) is 5.80. The van der Waals surface area contributed by atoms with Gasteiger partial charge in [0.15, 0.2) is 5.78 Å². The first-order valence-electron chi connectivity index (χ1n) is 7.55. The number of benzene rings is 3. The SMILES string of the molecule is CC(=O)c1ccc(-c2cccc3c2Cc2ccccc2-3)cc1. The van der Waals surface area contributed by atoms with Gasteiger partial charge in [-0.2, -0.15) is 0 Å². The summed E-state index contributed by atoms with van der Waals surface area (Å²) in [7, 11) is 0. The van der Waals surface area contributed by atoms with Crippen LogP contribution >= 0.6 is 0 Å². The van der Waals surface area contributed by atoms with E-state index in [9.17, 15) is 4.79 Å². The monoisotopic (exact) mass is 284 g/mol. The van der Waals surface area contributed by atoms with Crippen LogP contribution < -0.4 is 0 Å². The minimum absolute atomic E-state index is 0.109. The molecule has 0 saturated carbocycles. The van der Waals surface area contributed by atoms with Crippen LogP contribution in [0.2, 0.25) is 0 Å². The lowest BCUT2D eigenvalue weighted by Gasteiger charge is -2.09. The Bertz CT molecular complexity index is 873. The normalized spacial score (nSPS) is 11.9. The first-order valence-corrected chi connectivity index (χ1v) is 7.55. The van der Waals surface area contributed by atoms with E-state index >= 15 is 0 Å². The lowest BCUT2D eigenvalue weighted by atomic mass is 9.95. The molecule has 0 aromatic heterocycles. The Morgan fingerprint density at radius 3 is 2.23 bits per heavy atom. The molecule has 0 atom stereocenters. The average molecular weight is 284 g/mol. The van der Waals surface area contributed by atoms with Crippen LogP contribution in [0.1, 0.15) is 28.4 Å². The highest BCUT2D eigenvalue weighted by molar-refractivity contribution is 5.94. The molecule has 0 aliphatic heterocycles. The van der Waals surface area contributed by atoms with Crippen molar-refractivity contribution in [2.75, 3.05) is 0 Å². The molecule has 0 spiro atoms. The van der Waals surface area contributed by atoms with Crippen molar-refractivity contribution in [3.8, 4) is 22.3 Å². The summed E-state index contributed by atoms with van der Waals surface area (Å²) in [5, 5.41) is 0. The molecule has 1 heteroatoms. The second kappa shape index (κ2) is 4.96. The molecule has 0 bridgehead atoms. The van der Waals surface area contributed by atoms with Crippen molar-refractivity contribution >= 4 is 5.78 Å². The summed E-state index contributed by atoms with van der Waals surface area (Å²) in [6.07, 6.45) is 0.982. The Morgan fingerprint density at radius 1 is 0.773 bits per heavy atom. The third-order valence-corrected chi connectivity index (χ3v) is 4.45. The summed E-state index contributed by atoms with van der Waals surface area (Å²) in [5.74, 6) is 0.109. The highest BCUT2D eigenvalue weighted by Crippen LogP contribution is 2.41. The molecule has 106 valence electrons. The maximum absolute atomic E-state index is 11.4. The summed E-state index contributed by atoms with van der Waals surface area (Å²) in [6, 6.07) is 23.0. The smallest absolute Gasteiger partial charge is 0.159 e. The number of Topliss-reactive ketones (excluding diaryl/α,β-unsaturated/α-hetero) is 1. The van der Waals surface area contributed by atoms with Gasteiger partial charge in [0.2, 0.25) is 0 Å². The molecule has 0 fully saturated rings. The van der Waals surface area contributed by atoms with Crippen LogP contribution in [0.25, 0.3) is 22.3 Å². The molecule has 1 nitrogen and oxygen atoms in total. The summed E-state index contributed by atoms with van der Waals surface area (Å²) < 4.78 is 0. The van der Waals surface area contributed by atoms with Crippen molar-refractivity contribution in [3.05, 3.63) is 83.4 Å². The van der Waals surface area contributed by atoms with Gasteiger partial charge in [-0.25, -0.2) is 0 Å². The Labute approximate surface area is 130 Å². The van der Waals surface area contributed by atoms with Crippen LogP contribution in [-0.2, 0) is 6.42 Å². The summed E-state index contributed by atoms with van der Waals surface area (Å²) in [4.78, 5) is 11.4.